The summed E-state index contributed by atoms with van der Waals surface area (Å²) in [5, 5.41) is 7.32. The zero-order chi connectivity index (χ0) is 14.2. The molecule has 1 saturated carbocycles. The number of hydrogen-bond acceptors (Lipinski definition) is 4. The van der Waals surface area contributed by atoms with Crippen LogP contribution in [-0.4, -0.2) is 38.2 Å². The van der Waals surface area contributed by atoms with Gasteiger partial charge in [0.2, 0.25) is 0 Å². The highest BCUT2D eigenvalue weighted by molar-refractivity contribution is 7.10. The second-order valence-corrected chi connectivity index (χ2v) is 6.76. The number of amides is 1. The molecule has 2 aromatic heterocycles. The molecule has 3 heterocycles. The smallest absolute Gasteiger partial charge is 0.273 e. The van der Waals surface area contributed by atoms with E-state index in [0.29, 0.717) is 11.6 Å². The molecule has 4 rings (SSSR count). The molecule has 1 saturated heterocycles. The minimum absolute atomic E-state index is 0.0906. The van der Waals surface area contributed by atoms with E-state index in [9.17, 15) is 4.79 Å². The number of nitrogens with zero attached hydrogens (tertiary/aromatic N) is 4. The van der Waals surface area contributed by atoms with Gasteiger partial charge in [-0.2, -0.15) is 5.10 Å². The van der Waals surface area contributed by atoms with Crippen molar-refractivity contribution in [3.8, 4) is 0 Å². The Morgan fingerprint density at radius 2 is 2.29 bits per heavy atom. The zero-order valence-corrected chi connectivity index (χ0v) is 12.6. The maximum absolute atomic E-state index is 12.7. The molecule has 5 nitrogen and oxygen atoms in total. The largest absolute Gasteiger partial charge is 0.332 e. The van der Waals surface area contributed by atoms with Crippen molar-refractivity contribution in [2.45, 2.75) is 44.2 Å². The summed E-state index contributed by atoms with van der Waals surface area (Å²) in [4.78, 5) is 19.2. The molecule has 0 spiro atoms. The first kappa shape index (κ1) is 13.0. The van der Waals surface area contributed by atoms with Crippen molar-refractivity contribution in [2.24, 2.45) is 0 Å². The van der Waals surface area contributed by atoms with E-state index in [0.717, 1.165) is 30.9 Å². The van der Waals surface area contributed by atoms with Gasteiger partial charge >= 0.3 is 0 Å². The molecular formula is C15H18N4OS. The Kier molecular flexibility index (Phi) is 3.25. The predicted octanol–water partition coefficient (Wildman–Crippen LogP) is 2.52. The minimum atomic E-state index is 0.0906. The van der Waals surface area contributed by atoms with E-state index in [1.165, 1.54) is 12.8 Å². The summed E-state index contributed by atoms with van der Waals surface area (Å²) in [7, 11) is 0. The molecule has 1 atom stereocenters. The molecule has 1 aliphatic heterocycles. The fourth-order valence-corrected chi connectivity index (χ4v) is 3.93. The van der Waals surface area contributed by atoms with Crippen LogP contribution in [0.1, 0.15) is 47.1 Å². The lowest BCUT2D eigenvalue weighted by atomic mass is 10.2. The third-order valence-electron chi connectivity index (χ3n) is 4.26. The lowest BCUT2D eigenvalue weighted by molar-refractivity contribution is 0.0716. The van der Waals surface area contributed by atoms with E-state index in [4.69, 9.17) is 0 Å². The number of carbonyl (C=O) groups excluding carboxylic acids is 1. The summed E-state index contributed by atoms with van der Waals surface area (Å²) in [6.45, 7) is 1.61. The Bertz CT molecular complexity index is 632. The van der Waals surface area contributed by atoms with E-state index in [1.807, 2.05) is 27.2 Å². The maximum atomic E-state index is 12.7. The van der Waals surface area contributed by atoms with Gasteiger partial charge in [-0.25, -0.2) is 4.98 Å². The molecule has 6 heteroatoms. The second-order valence-electron chi connectivity index (χ2n) is 5.87. The second kappa shape index (κ2) is 5.26. The van der Waals surface area contributed by atoms with Crippen molar-refractivity contribution in [3.05, 3.63) is 34.5 Å². The fraction of sp³-hybridized carbons (Fsp3) is 0.533. The van der Waals surface area contributed by atoms with Gasteiger partial charge in [0.15, 0.2) is 0 Å². The highest BCUT2D eigenvalue weighted by atomic mass is 32.1. The molecule has 0 unspecified atom stereocenters. The lowest BCUT2D eigenvalue weighted by Gasteiger charge is -2.23. The first-order chi connectivity index (χ1) is 10.3. The summed E-state index contributed by atoms with van der Waals surface area (Å²) in [5.41, 5.74) is 0.634. The SMILES string of the molecule is O=C(c1csc(C2CC2)n1)N1CCC[C@@H]1Cn1cccn1. The van der Waals surface area contributed by atoms with Crippen molar-refractivity contribution < 1.29 is 4.79 Å². The molecule has 0 N–H and O–H groups in total. The lowest BCUT2D eigenvalue weighted by Crippen LogP contribution is -2.38. The average molecular weight is 302 g/mol. The third kappa shape index (κ3) is 2.60. The Labute approximate surface area is 127 Å². The Morgan fingerprint density at radius 3 is 3.05 bits per heavy atom. The summed E-state index contributed by atoms with van der Waals surface area (Å²) in [5.74, 6) is 0.711. The Morgan fingerprint density at radius 1 is 1.38 bits per heavy atom. The van der Waals surface area contributed by atoms with Crippen LogP contribution in [0.3, 0.4) is 0 Å². The highest BCUT2D eigenvalue weighted by Gasteiger charge is 2.32. The normalized spacial score (nSPS) is 21.9. The Balaban J connectivity index is 1.48. The first-order valence-corrected chi connectivity index (χ1v) is 8.43. The van der Waals surface area contributed by atoms with Crippen LogP contribution < -0.4 is 0 Å². The zero-order valence-electron chi connectivity index (χ0n) is 11.8. The van der Waals surface area contributed by atoms with Crippen molar-refractivity contribution in [3.63, 3.8) is 0 Å². The summed E-state index contributed by atoms with van der Waals surface area (Å²) < 4.78 is 1.91. The quantitative estimate of drug-likeness (QED) is 0.872. The van der Waals surface area contributed by atoms with Crippen LogP contribution in [0.2, 0.25) is 0 Å². The molecule has 1 aliphatic carbocycles. The van der Waals surface area contributed by atoms with Crippen LogP contribution in [0.25, 0.3) is 0 Å². The fourth-order valence-electron chi connectivity index (χ4n) is 2.97. The molecule has 0 bridgehead atoms. The molecule has 1 amide bonds. The number of likely N-dealkylation sites (tertiary alicyclic amines) is 1. The van der Waals surface area contributed by atoms with E-state index < -0.39 is 0 Å². The van der Waals surface area contributed by atoms with E-state index >= 15 is 0 Å². The van der Waals surface area contributed by atoms with Gasteiger partial charge in [-0.15, -0.1) is 11.3 Å². The molecule has 2 aliphatic rings. The summed E-state index contributed by atoms with van der Waals surface area (Å²) >= 11 is 1.64. The van der Waals surface area contributed by atoms with Gasteiger partial charge < -0.3 is 4.90 Å². The number of hydrogen-bond donors (Lipinski definition) is 0. The van der Waals surface area contributed by atoms with Crippen LogP contribution in [-0.2, 0) is 6.54 Å². The number of thiazole rings is 1. The predicted molar refractivity (Wildman–Crippen MR) is 80.4 cm³/mol. The first-order valence-electron chi connectivity index (χ1n) is 7.55. The molecule has 0 aromatic carbocycles. The molecule has 21 heavy (non-hydrogen) atoms. The maximum Gasteiger partial charge on any atom is 0.273 e. The summed E-state index contributed by atoms with van der Waals surface area (Å²) in [6, 6.07) is 2.16. The third-order valence-corrected chi connectivity index (χ3v) is 5.27. The average Bonchev–Trinajstić information content (AvgIpc) is 2.96. The topological polar surface area (TPSA) is 51.0 Å². The van der Waals surface area contributed by atoms with E-state index in [2.05, 4.69) is 10.1 Å². The van der Waals surface area contributed by atoms with Gasteiger partial charge in [-0.3, -0.25) is 9.48 Å². The van der Waals surface area contributed by atoms with Gasteiger partial charge in [0.1, 0.15) is 5.69 Å². The number of rotatable bonds is 4. The summed E-state index contributed by atoms with van der Waals surface area (Å²) in [6.07, 6.45) is 8.31. The van der Waals surface area contributed by atoms with Crippen molar-refractivity contribution in [2.75, 3.05) is 6.54 Å². The molecule has 2 fully saturated rings. The van der Waals surface area contributed by atoms with Crippen LogP contribution in [0, 0.1) is 0 Å². The molecule has 2 aromatic rings. The molecule has 0 radical (unpaired) electrons. The van der Waals surface area contributed by atoms with E-state index in [-0.39, 0.29) is 11.9 Å². The highest BCUT2D eigenvalue weighted by Crippen LogP contribution is 2.41. The van der Waals surface area contributed by atoms with Gasteiger partial charge in [0.25, 0.3) is 5.91 Å². The molecular weight excluding hydrogens is 284 g/mol. The van der Waals surface area contributed by atoms with Crippen molar-refractivity contribution in [1.29, 1.82) is 0 Å². The van der Waals surface area contributed by atoms with Gasteiger partial charge in [0, 0.05) is 30.2 Å². The van der Waals surface area contributed by atoms with Crippen LogP contribution in [0.5, 0.6) is 0 Å². The van der Waals surface area contributed by atoms with Gasteiger partial charge in [-0.1, -0.05) is 0 Å². The van der Waals surface area contributed by atoms with Crippen molar-refractivity contribution in [1.82, 2.24) is 19.7 Å². The number of aromatic nitrogens is 3. The van der Waals surface area contributed by atoms with Crippen LogP contribution in [0.4, 0.5) is 0 Å². The Hall–Kier alpha value is -1.69. The molecule has 110 valence electrons. The van der Waals surface area contributed by atoms with E-state index in [1.54, 1.807) is 17.5 Å². The van der Waals surface area contributed by atoms with Crippen LogP contribution >= 0.6 is 11.3 Å². The number of carbonyl (C=O) groups is 1. The van der Waals surface area contributed by atoms with Crippen molar-refractivity contribution >= 4 is 17.2 Å². The van der Waals surface area contributed by atoms with Crippen LogP contribution in [0.15, 0.2) is 23.8 Å². The monoisotopic (exact) mass is 302 g/mol. The standard InChI is InChI=1S/C15H18N4OS/c20-15(13-10-21-14(17-13)11-4-5-11)19-8-1-3-12(19)9-18-7-2-6-16-18/h2,6-7,10-12H,1,3-5,8-9H2/t12-/m1/s1. The van der Waals surface area contributed by atoms with Gasteiger partial charge in [-0.05, 0) is 31.7 Å². The van der Waals surface area contributed by atoms with Gasteiger partial charge in [0.05, 0.1) is 17.6 Å². The minimum Gasteiger partial charge on any atom is -0.332 e.